The molecule has 3 rings (SSSR count). The van der Waals surface area contributed by atoms with Crippen LogP contribution in [0.4, 0.5) is 0 Å². The van der Waals surface area contributed by atoms with Crippen LogP contribution in [0.25, 0.3) is 0 Å². The fourth-order valence-corrected chi connectivity index (χ4v) is 4.52. The SMILES string of the molecule is CCn1cc(S(=O)(=O)NCC(=O)N2CCCCCNC(=O)CC2c2ccccc2)cn1. The van der Waals surface area contributed by atoms with Gasteiger partial charge in [0.1, 0.15) is 4.90 Å². The smallest absolute Gasteiger partial charge is 0.244 e. The molecule has 0 saturated carbocycles. The Kier molecular flexibility index (Phi) is 7.80. The summed E-state index contributed by atoms with van der Waals surface area (Å²) >= 11 is 0. The second kappa shape index (κ2) is 10.5. The zero-order chi connectivity index (χ0) is 22.3. The molecule has 1 unspecified atom stereocenters. The lowest BCUT2D eigenvalue weighted by molar-refractivity contribution is -0.134. The number of aryl methyl sites for hydroxylation is 1. The lowest BCUT2D eigenvalue weighted by atomic mass is 10.00. The number of carbonyl (C=O) groups excluding carboxylic acids is 2. The summed E-state index contributed by atoms with van der Waals surface area (Å²) in [5.74, 6) is -0.491. The molecular formula is C21H29N5O4S. The number of hydrogen-bond donors (Lipinski definition) is 2. The van der Waals surface area contributed by atoms with Crippen LogP contribution in [0.2, 0.25) is 0 Å². The number of sulfonamides is 1. The number of hydrogen-bond acceptors (Lipinski definition) is 5. The van der Waals surface area contributed by atoms with E-state index in [9.17, 15) is 18.0 Å². The number of nitrogens with one attached hydrogen (secondary N) is 2. The molecule has 2 aromatic rings. The first-order valence-corrected chi connectivity index (χ1v) is 12.0. The third-order valence-electron chi connectivity index (χ3n) is 5.31. The molecule has 10 heteroatoms. The first-order chi connectivity index (χ1) is 14.9. The van der Waals surface area contributed by atoms with Gasteiger partial charge < -0.3 is 10.2 Å². The number of carbonyl (C=O) groups is 2. The van der Waals surface area contributed by atoms with Gasteiger partial charge in [-0.15, -0.1) is 0 Å². The minimum absolute atomic E-state index is 0.0158. The fraction of sp³-hybridized carbons (Fsp3) is 0.476. The Bertz CT molecular complexity index is 990. The molecule has 1 atom stereocenters. The van der Waals surface area contributed by atoms with E-state index in [-0.39, 0.29) is 29.7 Å². The van der Waals surface area contributed by atoms with Gasteiger partial charge in [-0.05, 0) is 31.7 Å². The highest BCUT2D eigenvalue weighted by Crippen LogP contribution is 2.26. The molecule has 0 aliphatic carbocycles. The summed E-state index contributed by atoms with van der Waals surface area (Å²) in [6.45, 7) is 3.10. The molecule has 1 aliphatic heterocycles. The van der Waals surface area contributed by atoms with E-state index in [1.807, 2.05) is 37.3 Å². The predicted octanol–water partition coefficient (Wildman–Crippen LogP) is 1.44. The molecule has 1 saturated heterocycles. The topological polar surface area (TPSA) is 113 Å². The quantitative estimate of drug-likeness (QED) is 0.696. The Morgan fingerprint density at radius 3 is 2.71 bits per heavy atom. The van der Waals surface area contributed by atoms with Gasteiger partial charge in [-0.2, -0.15) is 5.10 Å². The first-order valence-electron chi connectivity index (χ1n) is 10.5. The summed E-state index contributed by atoms with van der Waals surface area (Å²) in [5.41, 5.74) is 0.846. The van der Waals surface area contributed by atoms with Crippen LogP contribution in [0.1, 0.15) is 44.2 Å². The van der Waals surface area contributed by atoms with Gasteiger partial charge in [0, 0.05) is 25.8 Å². The maximum atomic E-state index is 13.1. The van der Waals surface area contributed by atoms with Crippen molar-refractivity contribution in [3.8, 4) is 0 Å². The van der Waals surface area contributed by atoms with Crippen molar-refractivity contribution in [1.82, 2.24) is 24.7 Å². The molecule has 1 aromatic heterocycles. The number of aromatic nitrogens is 2. The van der Waals surface area contributed by atoms with Gasteiger partial charge in [0.05, 0.1) is 25.2 Å². The lowest BCUT2D eigenvalue weighted by Gasteiger charge is -2.33. The molecule has 1 aromatic carbocycles. The van der Waals surface area contributed by atoms with Crippen LogP contribution in [0.15, 0.2) is 47.6 Å². The highest BCUT2D eigenvalue weighted by Gasteiger charge is 2.29. The van der Waals surface area contributed by atoms with Crippen molar-refractivity contribution >= 4 is 21.8 Å². The molecule has 31 heavy (non-hydrogen) atoms. The van der Waals surface area contributed by atoms with Crippen molar-refractivity contribution in [2.45, 2.75) is 50.1 Å². The van der Waals surface area contributed by atoms with Crippen LogP contribution in [0.3, 0.4) is 0 Å². The molecule has 0 spiro atoms. The van der Waals surface area contributed by atoms with E-state index in [0.29, 0.717) is 19.6 Å². The number of benzene rings is 1. The Labute approximate surface area is 182 Å². The van der Waals surface area contributed by atoms with E-state index >= 15 is 0 Å². The van der Waals surface area contributed by atoms with Crippen molar-refractivity contribution in [3.05, 3.63) is 48.3 Å². The van der Waals surface area contributed by atoms with Gasteiger partial charge in [-0.3, -0.25) is 14.3 Å². The molecule has 168 valence electrons. The Hall–Kier alpha value is -2.72. The first kappa shape index (κ1) is 23.0. The third kappa shape index (κ3) is 6.14. The molecule has 9 nitrogen and oxygen atoms in total. The van der Waals surface area contributed by atoms with Crippen molar-refractivity contribution in [2.24, 2.45) is 0 Å². The van der Waals surface area contributed by atoms with E-state index in [4.69, 9.17) is 0 Å². The Morgan fingerprint density at radius 2 is 2.00 bits per heavy atom. The molecule has 2 amide bonds. The zero-order valence-electron chi connectivity index (χ0n) is 17.7. The van der Waals surface area contributed by atoms with Gasteiger partial charge in [0.15, 0.2) is 0 Å². The second-order valence-corrected chi connectivity index (χ2v) is 9.25. The van der Waals surface area contributed by atoms with Crippen LogP contribution in [-0.4, -0.2) is 54.5 Å². The van der Waals surface area contributed by atoms with Crippen molar-refractivity contribution in [3.63, 3.8) is 0 Å². The van der Waals surface area contributed by atoms with E-state index in [2.05, 4.69) is 15.1 Å². The van der Waals surface area contributed by atoms with Gasteiger partial charge in [-0.1, -0.05) is 30.3 Å². The number of amides is 2. The Balaban J connectivity index is 1.79. The zero-order valence-corrected chi connectivity index (χ0v) is 18.5. The van der Waals surface area contributed by atoms with Crippen LogP contribution >= 0.6 is 0 Å². The minimum Gasteiger partial charge on any atom is -0.356 e. The van der Waals surface area contributed by atoms with Gasteiger partial charge in [-0.25, -0.2) is 13.1 Å². The van der Waals surface area contributed by atoms with Crippen LogP contribution in [0, 0.1) is 0 Å². The highest BCUT2D eigenvalue weighted by atomic mass is 32.2. The predicted molar refractivity (Wildman–Crippen MR) is 115 cm³/mol. The molecule has 2 N–H and O–H groups in total. The standard InChI is InChI=1S/C21H29N5O4S/c1-2-25-16-18(14-23-25)31(29,30)24-15-21(28)26-12-8-4-7-11-22-20(27)13-19(26)17-9-5-3-6-10-17/h3,5-6,9-10,14,16,19,24H,2,4,7-8,11-13,15H2,1H3,(H,22,27). The van der Waals surface area contributed by atoms with Crippen molar-refractivity contribution < 1.29 is 18.0 Å². The Morgan fingerprint density at radius 1 is 1.23 bits per heavy atom. The molecule has 0 bridgehead atoms. The van der Waals surface area contributed by atoms with Gasteiger partial charge >= 0.3 is 0 Å². The second-order valence-electron chi connectivity index (χ2n) is 7.48. The van der Waals surface area contributed by atoms with Gasteiger partial charge in [0.25, 0.3) is 0 Å². The monoisotopic (exact) mass is 447 g/mol. The normalized spacial score (nSPS) is 18.4. The molecule has 2 heterocycles. The van der Waals surface area contributed by atoms with E-state index in [0.717, 1.165) is 24.8 Å². The molecule has 0 radical (unpaired) electrons. The van der Waals surface area contributed by atoms with Crippen molar-refractivity contribution in [2.75, 3.05) is 19.6 Å². The minimum atomic E-state index is -3.87. The molecular weight excluding hydrogens is 418 g/mol. The maximum Gasteiger partial charge on any atom is 0.244 e. The lowest BCUT2D eigenvalue weighted by Crippen LogP contribution is -2.44. The molecule has 1 aliphatic rings. The third-order valence-corrected chi connectivity index (χ3v) is 6.67. The average molecular weight is 448 g/mol. The fourth-order valence-electron chi connectivity index (χ4n) is 3.59. The van der Waals surface area contributed by atoms with E-state index in [1.54, 1.807) is 4.90 Å². The van der Waals surface area contributed by atoms with Crippen LogP contribution < -0.4 is 10.0 Å². The molecule has 1 fully saturated rings. The summed E-state index contributed by atoms with van der Waals surface area (Å²) < 4.78 is 29.0. The summed E-state index contributed by atoms with van der Waals surface area (Å²) in [5, 5.41) is 6.88. The summed E-state index contributed by atoms with van der Waals surface area (Å²) in [6, 6.07) is 8.91. The largest absolute Gasteiger partial charge is 0.356 e. The van der Waals surface area contributed by atoms with E-state index in [1.165, 1.54) is 17.1 Å². The number of rotatable bonds is 6. The van der Waals surface area contributed by atoms with Crippen LogP contribution in [0.5, 0.6) is 0 Å². The highest BCUT2D eigenvalue weighted by molar-refractivity contribution is 7.89. The average Bonchev–Trinajstić information content (AvgIpc) is 3.27. The summed E-state index contributed by atoms with van der Waals surface area (Å²) in [4.78, 5) is 27.2. The maximum absolute atomic E-state index is 13.1. The van der Waals surface area contributed by atoms with Gasteiger partial charge in [0.2, 0.25) is 21.8 Å². The number of nitrogens with zero attached hydrogens (tertiary/aromatic N) is 3. The van der Waals surface area contributed by atoms with E-state index < -0.39 is 16.1 Å². The van der Waals surface area contributed by atoms with Crippen LogP contribution in [-0.2, 0) is 26.2 Å². The summed E-state index contributed by atoms with van der Waals surface area (Å²) in [6.07, 6.45) is 5.31. The van der Waals surface area contributed by atoms with Crippen molar-refractivity contribution in [1.29, 1.82) is 0 Å². The summed E-state index contributed by atoms with van der Waals surface area (Å²) in [7, 11) is -3.87.